The second-order valence-corrected chi connectivity index (χ2v) is 8.97. The first kappa shape index (κ1) is 23.8. The molecule has 34 heavy (non-hydrogen) atoms. The van der Waals surface area contributed by atoms with Crippen molar-refractivity contribution in [1.29, 1.82) is 0 Å². The number of hydrogen-bond donors (Lipinski definition) is 0. The summed E-state index contributed by atoms with van der Waals surface area (Å²) in [5.41, 5.74) is 1.40. The normalized spacial score (nSPS) is 14.5. The van der Waals surface area contributed by atoms with E-state index in [-0.39, 0.29) is 11.7 Å². The van der Waals surface area contributed by atoms with E-state index in [1.165, 1.54) is 40.9 Å². The molecule has 0 N–H and O–H groups in total. The predicted molar refractivity (Wildman–Crippen MR) is 137 cm³/mol. The monoisotopic (exact) mass is 495 g/mol. The zero-order chi connectivity index (χ0) is 23.9. The number of anilines is 1. The second-order valence-electron chi connectivity index (χ2n) is 7.29. The molecular weight excluding hydrogens is 473 g/mol. The molecule has 0 radical (unpaired) electrons. The summed E-state index contributed by atoms with van der Waals surface area (Å²) in [4.78, 5) is 14.8. The van der Waals surface area contributed by atoms with Crippen molar-refractivity contribution in [3.8, 4) is 17.2 Å². The van der Waals surface area contributed by atoms with Crippen LogP contribution in [0, 0.1) is 5.82 Å². The Morgan fingerprint density at radius 3 is 2.32 bits per heavy atom. The van der Waals surface area contributed by atoms with E-state index >= 15 is 0 Å². The van der Waals surface area contributed by atoms with Crippen LogP contribution in [0.25, 0.3) is 6.08 Å². The molecule has 174 valence electrons. The average molecular weight is 496 g/mol. The number of ether oxygens (including phenoxy) is 3. The molecular formula is C26H22FNO4S2. The van der Waals surface area contributed by atoms with Crippen molar-refractivity contribution in [3.05, 3.63) is 89.1 Å². The van der Waals surface area contributed by atoms with Gasteiger partial charge in [-0.25, -0.2) is 4.39 Å². The van der Waals surface area contributed by atoms with E-state index in [0.29, 0.717) is 28.1 Å². The van der Waals surface area contributed by atoms with Crippen molar-refractivity contribution in [2.24, 2.45) is 0 Å². The predicted octanol–water partition coefficient (Wildman–Crippen LogP) is 6.09. The number of nitrogens with zero attached hydrogens (tertiary/aromatic N) is 1. The summed E-state index contributed by atoms with van der Waals surface area (Å²) in [7, 11) is 1.62. The highest BCUT2D eigenvalue weighted by atomic mass is 32.2. The Balaban J connectivity index is 1.28. The molecule has 5 nitrogen and oxygen atoms in total. The van der Waals surface area contributed by atoms with Gasteiger partial charge in [0.05, 0.1) is 30.9 Å². The molecule has 1 saturated heterocycles. The van der Waals surface area contributed by atoms with Crippen LogP contribution in [0.3, 0.4) is 0 Å². The first-order chi connectivity index (χ1) is 16.5. The number of carbonyl (C=O) groups excluding carboxylic acids is 1. The van der Waals surface area contributed by atoms with E-state index < -0.39 is 0 Å². The van der Waals surface area contributed by atoms with Crippen molar-refractivity contribution in [2.75, 3.05) is 25.2 Å². The molecule has 1 fully saturated rings. The van der Waals surface area contributed by atoms with Crippen LogP contribution in [0.2, 0.25) is 0 Å². The number of methoxy groups -OCH3 is 1. The highest BCUT2D eigenvalue weighted by molar-refractivity contribution is 8.27. The van der Waals surface area contributed by atoms with Gasteiger partial charge in [-0.1, -0.05) is 42.2 Å². The van der Waals surface area contributed by atoms with E-state index in [1.54, 1.807) is 13.2 Å². The van der Waals surface area contributed by atoms with E-state index in [9.17, 15) is 9.18 Å². The minimum atomic E-state index is -0.364. The van der Waals surface area contributed by atoms with Crippen molar-refractivity contribution >= 4 is 46.0 Å². The number of halogens is 1. The molecule has 1 heterocycles. The molecule has 3 aromatic rings. The first-order valence-electron chi connectivity index (χ1n) is 10.6. The fourth-order valence-electron chi connectivity index (χ4n) is 3.22. The fourth-order valence-corrected chi connectivity index (χ4v) is 4.52. The van der Waals surface area contributed by atoms with Crippen LogP contribution in [-0.2, 0) is 4.79 Å². The van der Waals surface area contributed by atoms with E-state index in [1.807, 2.05) is 48.5 Å². The van der Waals surface area contributed by atoms with Gasteiger partial charge in [-0.15, -0.1) is 0 Å². The summed E-state index contributed by atoms with van der Waals surface area (Å²) in [6.45, 7) is 1.04. The van der Waals surface area contributed by atoms with Gasteiger partial charge in [0.15, 0.2) is 4.32 Å². The average Bonchev–Trinajstić information content (AvgIpc) is 3.13. The van der Waals surface area contributed by atoms with Crippen LogP contribution < -0.4 is 19.1 Å². The molecule has 0 spiro atoms. The molecule has 0 atom stereocenters. The Kier molecular flexibility index (Phi) is 7.82. The molecule has 1 aliphatic rings. The Labute approximate surface area is 207 Å². The van der Waals surface area contributed by atoms with Crippen molar-refractivity contribution in [3.63, 3.8) is 0 Å². The van der Waals surface area contributed by atoms with Gasteiger partial charge >= 0.3 is 0 Å². The quantitative estimate of drug-likeness (QED) is 0.203. The summed E-state index contributed by atoms with van der Waals surface area (Å²) in [5.74, 6) is 1.66. The summed E-state index contributed by atoms with van der Waals surface area (Å²) < 4.78 is 30.3. The number of thioether (sulfide) groups is 1. The summed E-state index contributed by atoms with van der Waals surface area (Å²) >= 11 is 6.58. The number of thiocarbonyl (C=S) groups is 1. The third kappa shape index (κ3) is 5.95. The molecule has 1 amide bonds. The maximum absolute atomic E-state index is 13.2. The van der Waals surface area contributed by atoms with Gasteiger partial charge < -0.3 is 14.2 Å². The van der Waals surface area contributed by atoms with E-state index in [4.69, 9.17) is 26.4 Å². The number of rotatable bonds is 9. The lowest BCUT2D eigenvalue weighted by molar-refractivity contribution is -0.113. The Morgan fingerprint density at radius 1 is 0.941 bits per heavy atom. The first-order valence-corrected chi connectivity index (χ1v) is 11.8. The number of hydrogen-bond acceptors (Lipinski definition) is 6. The van der Waals surface area contributed by atoms with Crippen LogP contribution >= 0.6 is 24.0 Å². The largest absolute Gasteiger partial charge is 0.497 e. The lowest BCUT2D eigenvalue weighted by atomic mass is 10.2. The van der Waals surface area contributed by atoms with Crippen molar-refractivity contribution < 1.29 is 23.4 Å². The molecule has 0 saturated carbocycles. The van der Waals surface area contributed by atoms with Crippen molar-refractivity contribution in [2.45, 2.75) is 6.42 Å². The van der Waals surface area contributed by atoms with Crippen LogP contribution in [-0.4, -0.2) is 30.6 Å². The van der Waals surface area contributed by atoms with Gasteiger partial charge in [-0.2, -0.15) is 0 Å². The second kappa shape index (κ2) is 11.2. The Bertz CT molecular complexity index is 1200. The third-order valence-corrected chi connectivity index (χ3v) is 6.23. The van der Waals surface area contributed by atoms with E-state index in [2.05, 4.69) is 0 Å². The lowest BCUT2D eigenvalue weighted by Gasteiger charge is -2.14. The van der Waals surface area contributed by atoms with Crippen LogP contribution in [0.5, 0.6) is 17.2 Å². The van der Waals surface area contributed by atoms with Crippen LogP contribution in [0.4, 0.5) is 10.1 Å². The van der Waals surface area contributed by atoms with Gasteiger partial charge in [-0.3, -0.25) is 9.69 Å². The third-order valence-electron chi connectivity index (χ3n) is 4.92. The number of benzene rings is 3. The smallest absolute Gasteiger partial charge is 0.270 e. The van der Waals surface area contributed by atoms with Gasteiger partial charge in [0, 0.05) is 12.5 Å². The zero-order valence-electron chi connectivity index (χ0n) is 18.4. The van der Waals surface area contributed by atoms with Gasteiger partial charge in [0.1, 0.15) is 23.1 Å². The minimum Gasteiger partial charge on any atom is -0.497 e. The molecule has 0 aliphatic carbocycles. The van der Waals surface area contributed by atoms with E-state index in [0.717, 1.165) is 29.2 Å². The molecule has 0 unspecified atom stereocenters. The van der Waals surface area contributed by atoms with Gasteiger partial charge in [0.25, 0.3) is 5.91 Å². The molecule has 0 aromatic heterocycles. The standard InChI is InChI=1S/C26H22FNO4S2/c1-30-22-4-2-5-23(17-22)32-15-3-14-31-21-12-6-18(7-13-21)16-24-25(29)28(26(33)34-24)20-10-8-19(27)9-11-20/h2,4-13,16-17H,3,14-15H2,1H3/b24-16-. The van der Waals surface area contributed by atoms with Gasteiger partial charge in [-0.05, 0) is 60.2 Å². The zero-order valence-corrected chi connectivity index (χ0v) is 20.0. The topological polar surface area (TPSA) is 48.0 Å². The summed E-state index contributed by atoms with van der Waals surface area (Å²) in [5, 5.41) is 0. The highest BCUT2D eigenvalue weighted by Gasteiger charge is 2.33. The van der Waals surface area contributed by atoms with Crippen LogP contribution in [0.1, 0.15) is 12.0 Å². The molecule has 1 aliphatic heterocycles. The Morgan fingerprint density at radius 2 is 1.62 bits per heavy atom. The molecule has 8 heteroatoms. The fraction of sp³-hybridized carbons (Fsp3) is 0.154. The van der Waals surface area contributed by atoms with Gasteiger partial charge in [0.2, 0.25) is 0 Å². The maximum atomic E-state index is 13.2. The Hall–Kier alpha value is -3.36. The lowest BCUT2D eigenvalue weighted by Crippen LogP contribution is -2.27. The molecule has 0 bridgehead atoms. The molecule has 3 aromatic carbocycles. The number of carbonyl (C=O) groups is 1. The summed E-state index contributed by atoms with van der Waals surface area (Å²) in [6.07, 6.45) is 2.51. The maximum Gasteiger partial charge on any atom is 0.270 e. The minimum absolute atomic E-state index is 0.224. The number of amides is 1. The van der Waals surface area contributed by atoms with Crippen LogP contribution in [0.15, 0.2) is 77.7 Å². The molecule has 4 rings (SSSR count). The summed E-state index contributed by atoms with van der Waals surface area (Å²) in [6, 6.07) is 20.6. The highest BCUT2D eigenvalue weighted by Crippen LogP contribution is 2.36. The SMILES string of the molecule is COc1cccc(OCCCOc2ccc(/C=C3\SC(=S)N(c4ccc(F)cc4)C3=O)cc2)c1. The van der Waals surface area contributed by atoms with Crippen molar-refractivity contribution in [1.82, 2.24) is 0 Å².